The lowest BCUT2D eigenvalue weighted by Crippen LogP contribution is -1.84. The van der Waals surface area contributed by atoms with E-state index in [4.69, 9.17) is 0 Å². The average Bonchev–Trinajstić information content (AvgIpc) is 2.33. The molecule has 0 atom stereocenters. The second-order valence-corrected chi connectivity index (χ2v) is 2.89. The second-order valence-electron chi connectivity index (χ2n) is 1.90. The van der Waals surface area contributed by atoms with E-state index in [1.54, 1.807) is 11.8 Å². The van der Waals surface area contributed by atoms with Gasteiger partial charge in [0.25, 0.3) is 0 Å². The molecule has 1 aromatic carbocycles. The van der Waals surface area contributed by atoms with Gasteiger partial charge in [-0.2, -0.15) is 0 Å². The van der Waals surface area contributed by atoms with E-state index in [1.807, 2.05) is 12.1 Å². The lowest BCUT2D eigenvalue weighted by Gasteiger charge is -1.90. The Morgan fingerprint density at radius 1 is 1.33 bits per heavy atom. The summed E-state index contributed by atoms with van der Waals surface area (Å²) in [5.41, 5.74) is 1.16. The summed E-state index contributed by atoms with van der Waals surface area (Å²) < 4.78 is 0. The molecule has 1 aromatic rings. The molecule has 1 radical (unpaired) electrons. The van der Waals surface area contributed by atoms with Crippen LogP contribution in [-0.4, -0.2) is 5.88 Å². The van der Waals surface area contributed by atoms with E-state index in [-0.39, 0.29) is 0 Å². The van der Waals surface area contributed by atoms with Crippen LogP contribution in [0.4, 0.5) is 5.69 Å². The van der Waals surface area contributed by atoms with Crippen LogP contribution in [0.15, 0.2) is 29.2 Å². The van der Waals surface area contributed by atoms with Gasteiger partial charge in [0, 0.05) is 4.90 Å². The predicted octanol–water partition coefficient (Wildman–Crippen LogP) is 1.99. The van der Waals surface area contributed by atoms with Crippen molar-refractivity contribution in [2.45, 2.75) is 4.90 Å². The van der Waals surface area contributed by atoms with Crippen molar-refractivity contribution >= 4 is 17.4 Å². The average molecular weight is 136 g/mol. The standard InChI is InChI=1S/C7H6NS/c1-2-4-7-6(3-1)8-5-9-7/h1-4H,5H2. The molecule has 0 unspecified atom stereocenters. The Hall–Kier alpha value is -0.630. The van der Waals surface area contributed by atoms with Gasteiger partial charge in [-0.3, -0.25) is 5.32 Å². The highest BCUT2D eigenvalue weighted by Crippen LogP contribution is 2.32. The zero-order valence-electron chi connectivity index (χ0n) is 4.87. The Labute approximate surface area is 58.5 Å². The number of benzene rings is 1. The maximum atomic E-state index is 4.26. The van der Waals surface area contributed by atoms with Crippen LogP contribution in [0.5, 0.6) is 0 Å². The van der Waals surface area contributed by atoms with Gasteiger partial charge >= 0.3 is 0 Å². The number of hydrogen-bond acceptors (Lipinski definition) is 1. The van der Waals surface area contributed by atoms with E-state index in [2.05, 4.69) is 17.4 Å². The summed E-state index contributed by atoms with van der Waals surface area (Å²) in [5, 5.41) is 4.26. The zero-order chi connectivity index (χ0) is 6.10. The van der Waals surface area contributed by atoms with Crippen LogP contribution in [0, 0.1) is 0 Å². The minimum Gasteiger partial charge on any atom is -0.273 e. The lowest BCUT2D eigenvalue weighted by atomic mass is 10.3. The van der Waals surface area contributed by atoms with Crippen LogP contribution >= 0.6 is 11.8 Å². The van der Waals surface area contributed by atoms with E-state index < -0.39 is 0 Å². The summed E-state index contributed by atoms with van der Waals surface area (Å²) in [7, 11) is 0. The molecule has 0 bridgehead atoms. The first-order valence-electron chi connectivity index (χ1n) is 2.86. The van der Waals surface area contributed by atoms with Gasteiger partial charge in [0.15, 0.2) is 0 Å². The topological polar surface area (TPSA) is 14.1 Å². The molecule has 0 aromatic heterocycles. The summed E-state index contributed by atoms with van der Waals surface area (Å²) in [6, 6.07) is 8.23. The highest BCUT2D eigenvalue weighted by Gasteiger charge is 2.08. The first-order valence-corrected chi connectivity index (χ1v) is 3.85. The molecule has 2 heteroatoms. The molecule has 1 heterocycles. The van der Waals surface area contributed by atoms with Gasteiger partial charge in [-0.05, 0) is 12.1 Å². The zero-order valence-corrected chi connectivity index (χ0v) is 5.69. The van der Waals surface area contributed by atoms with E-state index in [0.29, 0.717) is 0 Å². The first kappa shape index (κ1) is 5.18. The quantitative estimate of drug-likeness (QED) is 0.532. The number of thioether (sulfide) groups is 1. The summed E-state index contributed by atoms with van der Waals surface area (Å²) in [6.07, 6.45) is 0. The van der Waals surface area contributed by atoms with Gasteiger partial charge in [-0.25, -0.2) is 0 Å². The molecule has 0 amide bonds. The molecule has 0 fully saturated rings. The number of fused-ring (bicyclic) bond motifs is 1. The Kier molecular flexibility index (Phi) is 1.12. The molecular formula is C7H6NS. The van der Waals surface area contributed by atoms with Crippen molar-refractivity contribution in [1.29, 1.82) is 0 Å². The minimum absolute atomic E-state index is 0.902. The van der Waals surface area contributed by atoms with E-state index in [0.717, 1.165) is 11.6 Å². The molecule has 0 saturated carbocycles. The molecular weight excluding hydrogens is 130 g/mol. The molecule has 0 spiro atoms. The summed E-state index contributed by atoms with van der Waals surface area (Å²) in [6.45, 7) is 0. The molecule has 1 aliphatic heterocycles. The predicted molar refractivity (Wildman–Crippen MR) is 39.0 cm³/mol. The van der Waals surface area contributed by atoms with Crippen molar-refractivity contribution in [2.75, 3.05) is 5.88 Å². The molecule has 1 aliphatic rings. The van der Waals surface area contributed by atoms with E-state index in [9.17, 15) is 0 Å². The lowest BCUT2D eigenvalue weighted by molar-refractivity contribution is 1.06. The molecule has 9 heavy (non-hydrogen) atoms. The largest absolute Gasteiger partial charge is 0.273 e. The molecule has 45 valence electrons. The Morgan fingerprint density at radius 2 is 2.22 bits per heavy atom. The van der Waals surface area contributed by atoms with Crippen LogP contribution < -0.4 is 5.32 Å². The third-order valence-corrected chi connectivity index (χ3v) is 2.23. The summed E-state index contributed by atoms with van der Waals surface area (Å²) in [4.78, 5) is 1.32. The van der Waals surface area contributed by atoms with Gasteiger partial charge in [0.1, 0.15) is 0 Å². The minimum atomic E-state index is 0.902. The van der Waals surface area contributed by atoms with Crippen LogP contribution in [-0.2, 0) is 0 Å². The fraction of sp³-hybridized carbons (Fsp3) is 0.143. The van der Waals surface area contributed by atoms with Crippen molar-refractivity contribution < 1.29 is 0 Å². The van der Waals surface area contributed by atoms with Crippen molar-refractivity contribution in [3.8, 4) is 0 Å². The maximum absolute atomic E-state index is 4.26. The smallest absolute Gasteiger partial charge is 0.0898 e. The molecule has 0 N–H and O–H groups in total. The number of nitrogens with zero attached hydrogens (tertiary/aromatic N) is 1. The van der Waals surface area contributed by atoms with Crippen LogP contribution in [0.3, 0.4) is 0 Å². The fourth-order valence-electron chi connectivity index (χ4n) is 0.881. The Balaban J connectivity index is 2.54. The van der Waals surface area contributed by atoms with Gasteiger partial charge in [0.05, 0.1) is 11.6 Å². The van der Waals surface area contributed by atoms with Crippen LogP contribution in [0.1, 0.15) is 0 Å². The summed E-state index contributed by atoms with van der Waals surface area (Å²) >= 11 is 1.80. The number of rotatable bonds is 0. The highest BCUT2D eigenvalue weighted by molar-refractivity contribution is 7.99. The van der Waals surface area contributed by atoms with Crippen molar-refractivity contribution in [1.82, 2.24) is 5.32 Å². The second kappa shape index (κ2) is 1.95. The van der Waals surface area contributed by atoms with Crippen LogP contribution in [0.2, 0.25) is 0 Å². The van der Waals surface area contributed by atoms with E-state index >= 15 is 0 Å². The Bertz CT molecular complexity index is 199. The van der Waals surface area contributed by atoms with Crippen molar-refractivity contribution in [3.05, 3.63) is 24.3 Å². The van der Waals surface area contributed by atoms with E-state index in [1.165, 1.54) is 4.90 Å². The maximum Gasteiger partial charge on any atom is 0.0898 e. The van der Waals surface area contributed by atoms with Crippen LogP contribution in [0.25, 0.3) is 0 Å². The molecule has 1 nitrogen and oxygen atoms in total. The highest BCUT2D eigenvalue weighted by atomic mass is 32.2. The Morgan fingerprint density at radius 3 is 3.11 bits per heavy atom. The van der Waals surface area contributed by atoms with Crippen molar-refractivity contribution in [3.63, 3.8) is 0 Å². The number of para-hydroxylation sites is 1. The molecule has 2 rings (SSSR count). The summed E-state index contributed by atoms with van der Waals surface area (Å²) in [5.74, 6) is 0.902. The van der Waals surface area contributed by atoms with Gasteiger partial charge in [0.2, 0.25) is 0 Å². The molecule has 0 aliphatic carbocycles. The van der Waals surface area contributed by atoms with Crippen molar-refractivity contribution in [2.24, 2.45) is 0 Å². The van der Waals surface area contributed by atoms with Gasteiger partial charge < -0.3 is 0 Å². The third-order valence-electron chi connectivity index (χ3n) is 1.32. The van der Waals surface area contributed by atoms with Gasteiger partial charge in [-0.1, -0.05) is 12.1 Å². The SMILES string of the molecule is c1ccc2c(c1)[N]CS2. The normalized spacial score (nSPS) is 14.7. The third kappa shape index (κ3) is 0.793. The fourth-order valence-corrected chi connectivity index (χ4v) is 1.68. The molecule has 0 saturated heterocycles. The first-order chi connectivity index (χ1) is 4.47. The van der Waals surface area contributed by atoms with Gasteiger partial charge in [-0.15, -0.1) is 11.8 Å². The monoisotopic (exact) mass is 136 g/mol. The number of hydrogen-bond donors (Lipinski definition) is 0.